The van der Waals surface area contributed by atoms with Gasteiger partial charge in [-0.3, -0.25) is 9.59 Å². The van der Waals surface area contributed by atoms with Gasteiger partial charge in [0.15, 0.2) is 6.61 Å². The number of ether oxygens (including phenoxy) is 1. The highest BCUT2D eigenvalue weighted by atomic mass is 16.5. The first-order chi connectivity index (χ1) is 13.8. The van der Waals surface area contributed by atoms with Gasteiger partial charge in [-0.05, 0) is 36.4 Å². The van der Waals surface area contributed by atoms with Gasteiger partial charge in [-0.25, -0.2) is 0 Å². The van der Waals surface area contributed by atoms with Crippen molar-refractivity contribution in [3.8, 4) is 5.75 Å². The summed E-state index contributed by atoms with van der Waals surface area (Å²) in [5.74, 6) is 0.672. The fourth-order valence-corrected chi connectivity index (χ4v) is 3.26. The summed E-state index contributed by atoms with van der Waals surface area (Å²) in [5, 5.41) is 2.85. The standard InChI is InChI=1S/C23H29N3O3/c1-23(2,3)22(28)26-15-13-25(14-16-26)19-11-9-18(10-12-19)24-21(27)17-29-20-7-5-4-6-8-20/h4-12H,13-17H2,1-3H3,(H,24,27). The van der Waals surface area contributed by atoms with Crippen LogP contribution in [-0.2, 0) is 9.59 Å². The maximum Gasteiger partial charge on any atom is 0.262 e. The molecule has 6 heteroatoms. The Hall–Kier alpha value is -3.02. The molecule has 0 aliphatic carbocycles. The number of para-hydroxylation sites is 1. The monoisotopic (exact) mass is 395 g/mol. The second-order valence-electron chi connectivity index (χ2n) is 8.23. The van der Waals surface area contributed by atoms with Gasteiger partial charge in [0.1, 0.15) is 5.75 Å². The van der Waals surface area contributed by atoms with Crippen molar-refractivity contribution in [2.24, 2.45) is 5.41 Å². The van der Waals surface area contributed by atoms with Crippen LogP contribution in [0.5, 0.6) is 5.75 Å². The lowest BCUT2D eigenvalue weighted by Gasteiger charge is -2.38. The summed E-state index contributed by atoms with van der Waals surface area (Å²) in [5.41, 5.74) is 1.48. The fourth-order valence-electron chi connectivity index (χ4n) is 3.26. The molecular weight excluding hydrogens is 366 g/mol. The molecule has 0 saturated carbocycles. The zero-order chi connectivity index (χ0) is 20.9. The highest BCUT2D eigenvalue weighted by Crippen LogP contribution is 2.22. The smallest absolute Gasteiger partial charge is 0.262 e. The maximum absolute atomic E-state index is 12.4. The topological polar surface area (TPSA) is 61.9 Å². The summed E-state index contributed by atoms with van der Waals surface area (Å²) >= 11 is 0. The minimum Gasteiger partial charge on any atom is -0.484 e. The number of piperazine rings is 1. The predicted molar refractivity (Wildman–Crippen MR) is 115 cm³/mol. The number of carbonyl (C=O) groups excluding carboxylic acids is 2. The first kappa shape index (κ1) is 20.7. The van der Waals surface area contributed by atoms with Gasteiger partial charge in [0.2, 0.25) is 5.91 Å². The Labute approximate surface area is 172 Å². The third-order valence-corrected chi connectivity index (χ3v) is 4.84. The zero-order valence-electron chi connectivity index (χ0n) is 17.4. The van der Waals surface area contributed by atoms with E-state index in [1.54, 1.807) is 0 Å². The van der Waals surface area contributed by atoms with Crippen LogP contribution in [0.3, 0.4) is 0 Å². The van der Waals surface area contributed by atoms with Gasteiger partial charge in [0, 0.05) is 43.0 Å². The van der Waals surface area contributed by atoms with E-state index in [0.29, 0.717) is 5.75 Å². The number of nitrogens with zero attached hydrogens (tertiary/aromatic N) is 2. The number of rotatable bonds is 5. The van der Waals surface area contributed by atoms with Crippen LogP contribution in [0, 0.1) is 5.41 Å². The highest BCUT2D eigenvalue weighted by molar-refractivity contribution is 5.92. The van der Waals surface area contributed by atoms with E-state index in [4.69, 9.17) is 4.74 Å². The number of anilines is 2. The molecular formula is C23H29N3O3. The molecule has 154 valence electrons. The van der Waals surface area contributed by atoms with Gasteiger partial charge in [0.25, 0.3) is 5.91 Å². The molecule has 0 atom stereocenters. The molecule has 6 nitrogen and oxygen atoms in total. The Bertz CT molecular complexity index is 821. The van der Waals surface area contributed by atoms with Gasteiger partial charge in [-0.2, -0.15) is 0 Å². The maximum atomic E-state index is 12.4. The van der Waals surface area contributed by atoms with E-state index < -0.39 is 0 Å². The summed E-state index contributed by atoms with van der Waals surface area (Å²) in [6.45, 7) is 8.90. The number of hydrogen-bond acceptors (Lipinski definition) is 4. The SMILES string of the molecule is CC(C)(C)C(=O)N1CCN(c2ccc(NC(=O)COc3ccccc3)cc2)CC1. The van der Waals surface area contributed by atoms with Crippen molar-refractivity contribution >= 4 is 23.2 Å². The third-order valence-electron chi connectivity index (χ3n) is 4.84. The molecule has 29 heavy (non-hydrogen) atoms. The molecule has 2 amide bonds. The lowest BCUT2D eigenvalue weighted by Crippen LogP contribution is -2.51. The van der Waals surface area contributed by atoms with Gasteiger partial charge in [-0.1, -0.05) is 39.0 Å². The van der Waals surface area contributed by atoms with Crippen LogP contribution in [0.15, 0.2) is 54.6 Å². The number of amides is 2. The fraction of sp³-hybridized carbons (Fsp3) is 0.391. The molecule has 1 saturated heterocycles. The summed E-state index contributed by atoms with van der Waals surface area (Å²) in [4.78, 5) is 28.7. The van der Waals surface area contributed by atoms with Crippen molar-refractivity contribution in [2.75, 3.05) is 43.0 Å². The minimum atomic E-state index is -0.341. The summed E-state index contributed by atoms with van der Waals surface area (Å²) in [7, 11) is 0. The largest absolute Gasteiger partial charge is 0.484 e. The first-order valence-corrected chi connectivity index (χ1v) is 9.95. The molecule has 0 bridgehead atoms. The molecule has 1 fully saturated rings. The van der Waals surface area contributed by atoms with E-state index in [1.165, 1.54) is 0 Å². The van der Waals surface area contributed by atoms with E-state index >= 15 is 0 Å². The third kappa shape index (κ3) is 5.73. The van der Waals surface area contributed by atoms with Crippen LogP contribution in [0.1, 0.15) is 20.8 Å². The Morgan fingerprint density at radius 3 is 2.14 bits per heavy atom. The number of benzene rings is 2. The Kier molecular flexibility index (Phi) is 6.42. The van der Waals surface area contributed by atoms with Crippen LogP contribution in [0.25, 0.3) is 0 Å². The van der Waals surface area contributed by atoms with Crippen molar-refractivity contribution in [2.45, 2.75) is 20.8 Å². The van der Waals surface area contributed by atoms with Crippen molar-refractivity contribution in [1.82, 2.24) is 4.90 Å². The molecule has 0 spiro atoms. The average Bonchev–Trinajstić information content (AvgIpc) is 2.72. The van der Waals surface area contributed by atoms with E-state index in [1.807, 2.05) is 80.3 Å². The van der Waals surface area contributed by atoms with Gasteiger partial charge in [0.05, 0.1) is 0 Å². The van der Waals surface area contributed by atoms with Crippen LogP contribution in [0.2, 0.25) is 0 Å². The van der Waals surface area contributed by atoms with Crippen LogP contribution in [-0.4, -0.2) is 49.5 Å². The van der Waals surface area contributed by atoms with Gasteiger partial charge >= 0.3 is 0 Å². The molecule has 0 radical (unpaired) electrons. The van der Waals surface area contributed by atoms with Crippen molar-refractivity contribution in [1.29, 1.82) is 0 Å². The molecule has 1 aliphatic heterocycles. The van der Waals surface area contributed by atoms with E-state index in [-0.39, 0.29) is 23.8 Å². The zero-order valence-corrected chi connectivity index (χ0v) is 17.4. The number of hydrogen-bond donors (Lipinski definition) is 1. The average molecular weight is 396 g/mol. The lowest BCUT2D eigenvalue weighted by molar-refractivity contribution is -0.139. The lowest BCUT2D eigenvalue weighted by atomic mass is 9.94. The van der Waals surface area contributed by atoms with Crippen LogP contribution < -0.4 is 15.0 Å². The molecule has 2 aromatic carbocycles. The molecule has 0 aromatic heterocycles. The Morgan fingerprint density at radius 2 is 1.55 bits per heavy atom. The molecule has 2 aromatic rings. The molecule has 3 rings (SSSR count). The predicted octanol–water partition coefficient (Wildman–Crippen LogP) is 3.40. The van der Waals surface area contributed by atoms with E-state index in [2.05, 4.69) is 10.2 Å². The van der Waals surface area contributed by atoms with Crippen LogP contribution in [0.4, 0.5) is 11.4 Å². The quantitative estimate of drug-likeness (QED) is 0.843. The van der Waals surface area contributed by atoms with E-state index in [9.17, 15) is 9.59 Å². The molecule has 0 unspecified atom stereocenters. The number of carbonyl (C=O) groups is 2. The number of nitrogens with one attached hydrogen (secondary N) is 1. The Morgan fingerprint density at radius 1 is 0.931 bits per heavy atom. The summed E-state index contributed by atoms with van der Waals surface area (Å²) in [6.07, 6.45) is 0. The van der Waals surface area contributed by atoms with Crippen molar-refractivity contribution in [3.63, 3.8) is 0 Å². The molecule has 1 N–H and O–H groups in total. The Balaban J connectivity index is 1.48. The molecule has 1 heterocycles. The van der Waals surface area contributed by atoms with Crippen LogP contribution >= 0.6 is 0 Å². The second-order valence-corrected chi connectivity index (χ2v) is 8.23. The van der Waals surface area contributed by atoms with Crippen molar-refractivity contribution in [3.05, 3.63) is 54.6 Å². The van der Waals surface area contributed by atoms with Gasteiger partial charge < -0.3 is 19.9 Å². The van der Waals surface area contributed by atoms with Crippen molar-refractivity contribution < 1.29 is 14.3 Å². The second kappa shape index (κ2) is 8.99. The first-order valence-electron chi connectivity index (χ1n) is 9.95. The minimum absolute atomic E-state index is 0.0322. The normalized spacial score (nSPS) is 14.4. The van der Waals surface area contributed by atoms with Gasteiger partial charge in [-0.15, -0.1) is 0 Å². The summed E-state index contributed by atoms with van der Waals surface area (Å²) in [6, 6.07) is 17.0. The molecule has 1 aliphatic rings. The summed E-state index contributed by atoms with van der Waals surface area (Å²) < 4.78 is 5.46. The van der Waals surface area contributed by atoms with E-state index in [0.717, 1.165) is 37.6 Å². The highest BCUT2D eigenvalue weighted by Gasteiger charge is 2.29.